The van der Waals surface area contributed by atoms with Gasteiger partial charge in [0, 0.05) is 42.7 Å². The van der Waals surface area contributed by atoms with Gasteiger partial charge in [-0.25, -0.2) is 10.3 Å². The maximum absolute atomic E-state index is 13.4. The number of H-pyrrole nitrogens is 1. The van der Waals surface area contributed by atoms with Crippen LogP contribution in [0.5, 0.6) is 5.75 Å². The van der Waals surface area contributed by atoms with Gasteiger partial charge in [0.1, 0.15) is 17.5 Å². The van der Waals surface area contributed by atoms with Crippen LogP contribution >= 0.6 is 22.7 Å². The molecular formula is C40H46N6O7S2. The fourth-order valence-corrected chi connectivity index (χ4v) is 9.43. The summed E-state index contributed by atoms with van der Waals surface area (Å²) in [6.07, 6.45) is 2.99. The number of thiophene rings is 2. The third kappa shape index (κ3) is 8.24. The van der Waals surface area contributed by atoms with Crippen molar-refractivity contribution in [2.24, 2.45) is 5.11 Å². The number of aromatic amines is 1. The number of ether oxygens (including phenoxy) is 2. The summed E-state index contributed by atoms with van der Waals surface area (Å²) in [6, 6.07) is 15.5. The van der Waals surface area contributed by atoms with Crippen LogP contribution in [0.2, 0.25) is 0 Å². The Kier molecular flexibility index (Phi) is 12.1. The quantitative estimate of drug-likeness (QED) is 0.0335. The fourth-order valence-electron chi connectivity index (χ4n) is 7.72. The van der Waals surface area contributed by atoms with E-state index in [4.69, 9.17) is 15.0 Å². The van der Waals surface area contributed by atoms with Crippen molar-refractivity contribution >= 4 is 50.9 Å². The number of hydrogen-bond donors (Lipinski definition) is 7. The molecule has 0 saturated heterocycles. The van der Waals surface area contributed by atoms with Crippen molar-refractivity contribution < 1.29 is 29.6 Å². The highest BCUT2D eigenvalue weighted by molar-refractivity contribution is 7.12. The van der Waals surface area contributed by atoms with Crippen molar-refractivity contribution in [3.8, 4) is 5.75 Å². The number of phenols is 1. The summed E-state index contributed by atoms with van der Waals surface area (Å²) < 4.78 is 11.8. The van der Waals surface area contributed by atoms with Gasteiger partial charge < -0.3 is 45.3 Å². The van der Waals surface area contributed by atoms with Crippen molar-refractivity contribution in [3.05, 3.63) is 108 Å². The summed E-state index contributed by atoms with van der Waals surface area (Å²) in [7, 11) is 2.13. The number of aromatic nitrogens is 1. The number of carbonyl (C=O) groups is 1. The molecule has 1 saturated carbocycles. The number of rotatable bonds is 16. The van der Waals surface area contributed by atoms with Crippen LogP contribution in [0.1, 0.15) is 70.2 Å². The second-order valence-corrected chi connectivity index (χ2v) is 16.1. The minimum Gasteiger partial charge on any atom is -0.506 e. The Morgan fingerprint density at radius 2 is 1.82 bits per heavy atom. The van der Waals surface area contributed by atoms with Gasteiger partial charge in [-0.05, 0) is 103 Å². The number of nitrogens with one attached hydrogen (secondary N) is 4. The molecular weight excluding hydrogens is 741 g/mol. The second kappa shape index (κ2) is 17.1. The molecule has 5 aromatic rings. The summed E-state index contributed by atoms with van der Waals surface area (Å²) in [5.74, 6) is -0.673. The summed E-state index contributed by atoms with van der Waals surface area (Å²) in [5, 5.41) is 47.8. The summed E-state index contributed by atoms with van der Waals surface area (Å²) in [4.78, 5) is 31.3. The molecule has 55 heavy (non-hydrogen) atoms. The molecule has 4 heterocycles. The van der Waals surface area contributed by atoms with Gasteiger partial charge >= 0.3 is 5.97 Å². The molecule has 0 radical (unpaired) electrons. The zero-order valence-electron chi connectivity index (χ0n) is 30.5. The monoisotopic (exact) mass is 786 g/mol. The molecule has 15 heteroatoms. The number of hydrogen-bond acceptors (Lipinski definition) is 14. The van der Waals surface area contributed by atoms with E-state index < -0.39 is 17.7 Å². The van der Waals surface area contributed by atoms with Gasteiger partial charge in [-0.15, -0.1) is 22.7 Å². The van der Waals surface area contributed by atoms with Gasteiger partial charge in [0.25, 0.3) is 0 Å². The molecule has 7 N–H and O–H groups in total. The average Bonchev–Trinajstić information content (AvgIpc) is 4.02. The predicted octanol–water partition coefficient (Wildman–Crippen LogP) is 6.40. The summed E-state index contributed by atoms with van der Waals surface area (Å²) in [5.41, 5.74) is 11.0. The van der Waals surface area contributed by atoms with E-state index in [-0.39, 0.29) is 29.5 Å². The number of aliphatic hydroxyl groups is 2. The number of anilines is 1. The molecule has 3 aromatic heterocycles. The van der Waals surface area contributed by atoms with Crippen molar-refractivity contribution in [2.75, 3.05) is 32.0 Å². The van der Waals surface area contributed by atoms with E-state index in [1.807, 2.05) is 29.0 Å². The molecule has 1 atom stereocenters. The van der Waals surface area contributed by atoms with Crippen molar-refractivity contribution in [2.45, 2.75) is 75.7 Å². The van der Waals surface area contributed by atoms with Gasteiger partial charge in [0.15, 0.2) is 0 Å². The van der Waals surface area contributed by atoms with Gasteiger partial charge in [0.2, 0.25) is 11.2 Å². The highest BCUT2D eigenvalue weighted by Gasteiger charge is 2.45. The first kappa shape index (κ1) is 38.8. The van der Waals surface area contributed by atoms with Crippen LogP contribution in [0.15, 0.2) is 75.3 Å². The highest BCUT2D eigenvalue weighted by Crippen LogP contribution is 2.40. The van der Waals surface area contributed by atoms with Crippen molar-refractivity contribution in [1.29, 1.82) is 5.53 Å². The maximum atomic E-state index is 13.4. The first-order valence-electron chi connectivity index (χ1n) is 18.5. The number of phenolic OH excluding ortho intramolecular Hbond substituents is 1. The molecule has 0 amide bonds. The number of benzene rings is 2. The van der Waals surface area contributed by atoms with Crippen LogP contribution in [0.4, 0.5) is 11.4 Å². The van der Waals surface area contributed by atoms with Gasteiger partial charge in [-0.1, -0.05) is 18.2 Å². The van der Waals surface area contributed by atoms with E-state index in [0.717, 1.165) is 61.0 Å². The van der Waals surface area contributed by atoms with E-state index in [1.54, 1.807) is 24.3 Å². The lowest BCUT2D eigenvalue weighted by molar-refractivity contribution is -0.169. The SMILES string of the molecule is CN(CCCNc1c(N=N)cc(CNC[C@H](O)c2ccc(O)c3[nH]c(=O)ccc23)c2c1COC2)[C@H]1CC[C@H](OC(=O)C(O)(c2cccs2)c2cccs2)CC1. The highest BCUT2D eigenvalue weighted by atomic mass is 32.1. The molecule has 0 bridgehead atoms. The van der Waals surface area contributed by atoms with Crippen LogP contribution in [-0.2, 0) is 39.6 Å². The Morgan fingerprint density at radius 3 is 2.51 bits per heavy atom. The molecule has 0 unspecified atom stereocenters. The molecule has 13 nitrogen and oxygen atoms in total. The Morgan fingerprint density at radius 1 is 1.09 bits per heavy atom. The second-order valence-electron chi connectivity index (χ2n) is 14.2. The van der Waals surface area contributed by atoms with Crippen molar-refractivity contribution in [3.63, 3.8) is 0 Å². The molecule has 1 aliphatic heterocycles. The van der Waals surface area contributed by atoms with Gasteiger partial charge in [-0.3, -0.25) is 4.79 Å². The number of pyridine rings is 1. The fraction of sp³-hybridized carbons (Fsp3) is 0.400. The van der Waals surface area contributed by atoms with Gasteiger partial charge in [0.05, 0.1) is 40.3 Å². The first-order chi connectivity index (χ1) is 26.7. The predicted molar refractivity (Wildman–Crippen MR) is 212 cm³/mol. The number of carbonyl (C=O) groups excluding carboxylic acids is 1. The standard InChI is InChI=1S/C40H46N6O7S2/c1-46(25-7-9-26(10-8-25)53-39(50)40(51,34-5-2-17-54-34)35-6-3-18-55-35)16-4-15-43-37-30-23-52-22-29(30)24(19-31(37)45-41)20-42-21-33(48)27-11-13-32(47)38-28(27)12-14-36(49)44-38/h2-3,5-6,11-14,17-19,25-26,33,41-43,47-48,51H,4,7-10,15-16,20-23H2,1H3,(H,44,49)/t25-,26-,33-/m0/s1. The number of aliphatic hydroxyl groups excluding tert-OH is 1. The average molecular weight is 787 g/mol. The van der Waals surface area contributed by atoms with Crippen LogP contribution in [0.25, 0.3) is 10.9 Å². The number of esters is 1. The van der Waals surface area contributed by atoms with E-state index in [9.17, 15) is 24.9 Å². The summed E-state index contributed by atoms with van der Waals surface area (Å²) >= 11 is 2.69. The minimum atomic E-state index is -1.79. The molecule has 1 aliphatic carbocycles. The third-order valence-corrected chi connectivity index (χ3v) is 12.7. The van der Waals surface area contributed by atoms with Crippen LogP contribution in [-0.4, -0.2) is 70.0 Å². The largest absolute Gasteiger partial charge is 0.506 e. The zero-order valence-corrected chi connectivity index (χ0v) is 32.2. The smallest absolute Gasteiger partial charge is 0.349 e. The van der Waals surface area contributed by atoms with Crippen LogP contribution in [0.3, 0.4) is 0 Å². The lowest BCUT2D eigenvalue weighted by Crippen LogP contribution is -2.42. The van der Waals surface area contributed by atoms with Crippen LogP contribution < -0.4 is 16.2 Å². The number of nitrogens with zero attached hydrogens (tertiary/aromatic N) is 2. The van der Waals surface area contributed by atoms with E-state index in [1.165, 1.54) is 34.8 Å². The van der Waals surface area contributed by atoms with Crippen LogP contribution in [0, 0.1) is 5.53 Å². The maximum Gasteiger partial charge on any atom is 0.349 e. The molecule has 290 valence electrons. The van der Waals surface area contributed by atoms with E-state index in [0.29, 0.717) is 58.7 Å². The Hall–Kier alpha value is -4.48. The van der Waals surface area contributed by atoms with Crippen molar-refractivity contribution in [1.82, 2.24) is 15.2 Å². The zero-order chi connectivity index (χ0) is 38.5. The third-order valence-electron chi connectivity index (χ3n) is 10.7. The molecule has 0 spiro atoms. The molecule has 2 aliphatic rings. The topological polar surface area (TPSA) is 193 Å². The number of fused-ring (bicyclic) bond motifs is 2. The number of aromatic hydroxyl groups is 1. The molecule has 2 aromatic carbocycles. The minimum absolute atomic E-state index is 0.0603. The Balaban J connectivity index is 0.891. The first-order valence-corrected chi connectivity index (χ1v) is 20.2. The Bertz CT molecular complexity index is 2130. The molecule has 7 rings (SSSR count). The summed E-state index contributed by atoms with van der Waals surface area (Å²) in [6.45, 7) is 3.05. The normalized spacial score (nSPS) is 17.7. The Labute approximate surface area is 326 Å². The van der Waals surface area contributed by atoms with Gasteiger partial charge in [-0.2, -0.15) is 5.11 Å². The molecule has 1 fully saturated rings. The lowest BCUT2D eigenvalue weighted by Gasteiger charge is -2.35. The lowest BCUT2D eigenvalue weighted by atomic mass is 9.91. The van der Waals surface area contributed by atoms with E-state index >= 15 is 0 Å². The van der Waals surface area contributed by atoms with E-state index in [2.05, 4.69) is 32.7 Å².